The van der Waals surface area contributed by atoms with E-state index >= 15 is 0 Å². The molecular weight excluding hydrogens is 192 g/mol. The number of aliphatic carboxylic acids is 1. The topological polar surface area (TPSA) is 63.6 Å². The maximum absolute atomic E-state index is 11.2. The van der Waals surface area contributed by atoms with Crippen LogP contribution in [0.4, 0.5) is 0 Å². The first-order valence-corrected chi connectivity index (χ1v) is 5.20. The zero-order valence-electron chi connectivity index (χ0n) is 7.36. The molecule has 13 heavy (non-hydrogen) atoms. The molecule has 1 heterocycles. The molecule has 0 saturated carbocycles. The van der Waals surface area contributed by atoms with E-state index in [1.807, 2.05) is 0 Å². The molecule has 4 nitrogen and oxygen atoms in total. The zero-order chi connectivity index (χ0) is 9.84. The number of hydrogen-bond acceptors (Lipinski definition) is 4. The van der Waals surface area contributed by atoms with Gasteiger partial charge in [0.2, 0.25) is 0 Å². The van der Waals surface area contributed by atoms with Crippen LogP contribution >= 0.6 is 11.8 Å². The summed E-state index contributed by atoms with van der Waals surface area (Å²) in [4.78, 5) is 22.0. The van der Waals surface area contributed by atoms with Crippen molar-refractivity contribution in [3.05, 3.63) is 0 Å². The Morgan fingerprint density at radius 3 is 2.69 bits per heavy atom. The molecule has 1 aliphatic heterocycles. The molecule has 0 radical (unpaired) electrons. The predicted octanol–water partition coefficient (Wildman–Crippen LogP) is 0.613. The summed E-state index contributed by atoms with van der Waals surface area (Å²) in [6, 6.07) is 0. The Labute approximate surface area is 80.6 Å². The molecular formula is C8H12O4S. The van der Waals surface area contributed by atoms with Crippen molar-refractivity contribution in [1.29, 1.82) is 0 Å². The first-order chi connectivity index (χ1) is 6.16. The zero-order valence-corrected chi connectivity index (χ0v) is 8.17. The van der Waals surface area contributed by atoms with E-state index in [0.717, 1.165) is 5.75 Å². The number of carbonyl (C=O) groups is 2. The van der Waals surface area contributed by atoms with Crippen LogP contribution in [0.1, 0.15) is 6.42 Å². The summed E-state index contributed by atoms with van der Waals surface area (Å²) in [5, 5.41) is 8.83. The van der Waals surface area contributed by atoms with Crippen LogP contribution in [0.3, 0.4) is 0 Å². The second kappa shape index (κ2) is 4.50. The van der Waals surface area contributed by atoms with E-state index in [9.17, 15) is 9.59 Å². The molecule has 0 bridgehead atoms. The minimum Gasteiger partial charge on any atom is -0.481 e. The monoisotopic (exact) mass is 204 g/mol. The minimum absolute atomic E-state index is 0.396. The average Bonchev–Trinajstić information content (AvgIpc) is 2.16. The van der Waals surface area contributed by atoms with Crippen LogP contribution in [0.2, 0.25) is 0 Å². The number of thioether (sulfide) groups is 1. The largest absolute Gasteiger partial charge is 0.481 e. The summed E-state index contributed by atoms with van der Waals surface area (Å²) in [6.45, 7) is 0. The van der Waals surface area contributed by atoms with E-state index in [4.69, 9.17) is 5.11 Å². The molecule has 2 atom stereocenters. The number of carboxylic acid groups (broad SMARTS) is 1. The van der Waals surface area contributed by atoms with Crippen molar-refractivity contribution in [2.45, 2.75) is 6.42 Å². The Morgan fingerprint density at radius 2 is 2.15 bits per heavy atom. The van der Waals surface area contributed by atoms with E-state index in [2.05, 4.69) is 4.74 Å². The van der Waals surface area contributed by atoms with Gasteiger partial charge < -0.3 is 9.84 Å². The molecule has 1 aliphatic rings. The van der Waals surface area contributed by atoms with Crippen LogP contribution in [0.15, 0.2) is 0 Å². The fraction of sp³-hybridized carbons (Fsp3) is 0.750. The molecule has 0 amide bonds. The molecule has 1 saturated heterocycles. The Kier molecular flexibility index (Phi) is 3.59. The fourth-order valence-corrected chi connectivity index (χ4v) is 2.63. The molecule has 74 valence electrons. The van der Waals surface area contributed by atoms with Gasteiger partial charge in [0.1, 0.15) is 0 Å². The fourth-order valence-electron chi connectivity index (χ4n) is 1.41. The van der Waals surface area contributed by atoms with Gasteiger partial charge in [-0.1, -0.05) is 0 Å². The Bertz CT molecular complexity index is 216. The number of hydrogen-bond donors (Lipinski definition) is 1. The summed E-state index contributed by atoms with van der Waals surface area (Å²) >= 11 is 1.57. The summed E-state index contributed by atoms with van der Waals surface area (Å²) in [7, 11) is 1.29. The summed E-state index contributed by atoms with van der Waals surface area (Å²) in [6.07, 6.45) is 0.605. The number of methoxy groups -OCH3 is 1. The highest BCUT2D eigenvalue weighted by Gasteiger charge is 2.36. The van der Waals surface area contributed by atoms with Crippen LogP contribution in [0.25, 0.3) is 0 Å². The third-order valence-electron chi connectivity index (χ3n) is 2.18. The van der Waals surface area contributed by atoms with Crippen LogP contribution in [0.5, 0.6) is 0 Å². The third kappa shape index (κ3) is 2.37. The highest BCUT2D eigenvalue weighted by atomic mass is 32.2. The number of carboxylic acids is 1. The van der Waals surface area contributed by atoms with E-state index in [1.54, 1.807) is 11.8 Å². The Hall–Kier alpha value is -0.710. The lowest BCUT2D eigenvalue weighted by atomic mass is 9.91. The van der Waals surface area contributed by atoms with Crippen LogP contribution < -0.4 is 0 Å². The lowest BCUT2D eigenvalue weighted by Gasteiger charge is -2.25. The lowest BCUT2D eigenvalue weighted by Crippen LogP contribution is -2.35. The first-order valence-electron chi connectivity index (χ1n) is 4.05. The van der Waals surface area contributed by atoms with Crippen LogP contribution in [-0.4, -0.2) is 35.7 Å². The van der Waals surface area contributed by atoms with Gasteiger partial charge in [-0.05, 0) is 12.2 Å². The minimum atomic E-state index is -0.900. The standard InChI is InChI=1S/C8H12O4S/c1-12-8(11)5-2-3-13-4-6(5)7(9)10/h5-6H,2-4H2,1H3,(H,9,10)/t5-,6+/m0/s1. The van der Waals surface area contributed by atoms with Crippen LogP contribution in [0, 0.1) is 11.8 Å². The van der Waals surface area contributed by atoms with E-state index in [1.165, 1.54) is 7.11 Å². The van der Waals surface area contributed by atoms with Gasteiger partial charge in [-0.15, -0.1) is 0 Å². The average molecular weight is 204 g/mol. The van der Waals surface area contributed by atoms with Crippen molar-refractivity contribution in [2.24, 2.45) is 11.8 Å². The van der Waals surface area contributed by atoms with Gasteiger partial charge >= 0.3 is 11.9 Å². The van der Waals surface area contributed by atoms with Gasteiger partial charge in [-0.2, -0.15) is 11.8 Å². The van der Waals surface area contributed by atoms with Crippen molar-refractivity contribution < 1.29 is 19.4 Å². The molecule has 1 rings (SSSR count). The van der Waals surface area contributed by atoms with Crippen LogP contribution in [-0.2, 0) is 14.3 Å². The quantitative estimate of drug-likeness (QED) is 0.668. The Balaban J connectivity index is 2.67. The van der Waals surface area contributed by atoms with Gasteiger partial charge in [0.25, 0.3) is 0 Å². The van der Waals surface area contributed by atoms with Crippen molar-refractivity contribution in [3.8, 4) is 0 Å². The highest BCUT2D eigenvalue weighted by molar-refractivity contribution is 7.99. The second-order valence-electron chi connectivity index (χ2n) is 2.94. The van der Waals surface area contributed by atoms with E-state index < -0.39 is 23.8 Å². The second-order valence-corrected chi connectivity index (χ2v) is 4.09. The molecule has 0 spiro atoms. The molecule has 1 fully saturated rings. The van der Waals surface area contributed by atoms with Gasteiger partial charge in [0.15, 0.2) is 0 Å². The molecule has 0 unspecified atom stereocenters. The smallest absolute Gasteiger partial charge is 0.309 e. The third-order valence-corrected chi connectivity index (χ3v) is 3.30. The normalized spacial score (nSPS) is 28.1. The summed E-state index contributed by atoms with van der Waals surface area (Å²) < 4.78 is 4.56. The van der Waals surface area contributed by atoms with Crippen molar-refractivity contribution in [3.63, 3.8) is 0 Å². The molecule has 0 aromatic rings. The van der Waals surface area contributed by atoms with Gasteiger partial charge in [-0.3, -0.25) is 9.59 Å². The number of carbonyl (C=O) groups excluding carboxylic acids is 1. The van der Waals surface area contributed by atoms with E-state index in [-0.39, 0.29) is 0 Å². The molecule has 0 aromatic carbocycles. The molecule has 0 aliphatic carbocycles. The molecule has 1 N–H and O–H groups in total. The Morgan fingerprint density at radius 1 is 1.46 bits per heavy atom. The summed E-state index contributed by atoms with van der Waals surface area (Å²) in [5.74, 6) is -0.983. The van der Waals surface area contributed by atoms with E-state index in [0.29, 0.717) is 12.2 Å². The summed E-state index contributed by atoms with van der Waals surface area (Å²) in [5.41, 5.74) is 0. The molecule has 0 aromatic heterocycles. The van der Waals surface area contributed by atoms with Crippen molar-refractivity contribution in [1.82, 2.24) is 0 Å². The number of ether oxygens (including phenoxy) is 1. The van der Waals surface area contributed by atoms with Gasteiger partial charge in [0.05, 0.1) is 18.9 Å². The number of rotatable bonds is 2. The first kappa shape index (κ1) is 10.4. The molecule has 5 heteroatoms. The predicted molar refractivity (Wildman–Crippen MR) is 48.6 cm³/mol. The van der Waals surface area contributed by atoms with Crippen molar-refractivity contribution >= 4 is 23.7 Å². The number of esters is 1. The SMILES string of the molecule is COC(=O)[C@H]1CCSC[C@H]1C(=O)O. The van der Waals surface area contributed by atoms with Gasteiger partial charge in [0, 0.05) is 5.75 Å². The maximum Gasteiger partial charge on any atom is 0.309 e. The highest BCUT2D eigenvalue weighted by Crippen LogP contribution is 2.29. The maximum atomic E-state index is 11.2. The van der Waals surface area contributed by atoms with Crippen molar-refractivity contribution in [2.75, 3.05) is 18.6 Å². The lowest BCUT2D eigenvalue weighted by molar-refractivity contribution is -0.155. The van der Waals surface area contributed by atoms with Gasteiger partial charge in [-0.25, -0.2) is 0 Å².